The van der Waals surface area contributed by atoms with Crippen LogP contribution in [0.25, 0.3) is 0 Å². The average molecular weight is 314 g/mol. The van der Waals surface area contributed by atoms with E-state index in [4.69, 9.17) is 9.47 Å². The van der Waals surface area contributed by atoms with Crippen LogP contribution in [0.15, 0.2) is 36.8 Å². The molecule has 1 N–H and O–H groups in total. The van der Waals surface area contributed by atoms with Crippen LogP contribution >= 0.6 is 0 Å². The summed E-state index contributed by atoms with van der Waals surface area (Å²) in [4.78, 5) is 10.7. The van der Waals surface area contributed by atoms with Crippen molar-refractivity contribution in [1.29, 1.82) is 0 Å². The van der Waals surface area contributed by atoms with E-state index in [1.54, 1.807) is 32.8 Å². The number of benzene rings is 1. The zero-order chi connectivity index (χ0) is 16.1. The Morgan fingerprint density at radius 1 is 1.17 bits per heavy atom. The number of methoxy groups -OCH3 is 2. The Hall–Kier alpha value is -2.50. The molecule has 0 spiro atoms. The smallest absolute Gasteiger partial charge is 0.144 e. The molecule has 0 saturated carbocycles. The Kier molecular flexibility index (Phi) is 4.80. The molecule has 0 amide bonds. The number of ether oxygens (including phenoxy) is 2. The lowest BCUT2D eigenvalue weighted by Crippen LogP contribution is -2.22. The molecule has 1 saturated heterocycles. The van der Waals surface area contributed by atoms with E-state index in [-0.39, 0.29) is 0 Å². The van der Waals surface area contributed by atoms with Crippen LogP contribution in [0.1, 0.15) is 6.42 Å². The number of nitrogens with zero attached hydrogens (tertiary/aromatic N) is 3. The highest BCUT2D eigenvalue weighted by molar-refractivity contribution is 5.56. The van der Waals surface area contributed by atoms with Gasteiger partial charge in [-0.05, 0) is 12.3 Å². The molecule has 0 aliphatic carbocycles. The summed E-state index contributed by atoms with van der Waals surface area (Å²) in [5.41, 5.74) is 1.14. The molecule has 0 bridgehead atoms. The summed E-state index contributed by atoms with van der Waals surface area (Å²) in [6.45, 7) is 2.93. The molecule has 2 heterocycles. The summed E-state index contributed by atoms with van der Waals surface area (Å²) >= 11 is 0. The minimum Gasteiger partial charge on any atom is -0.497 e. The molecular weight excluding hydrogens is 292 g/mol. The van der Waals surface area contributed by atoms with Crippen LogP contribution in [0.2, 0.25) is 0 Å². The van der Waals surface area contributed by atoms with Crippen molar-refractivity contribution < 1.29 is 9.47 Å². The summed E-state index contributed by atoms with van der Waals surface area (Å²) in [7, 11) is 3.35. The highest BCUT2D eigenvalue weighted by atomic mass is 16.5. The highest BCUT2D eigenvalue weighted by Crippen LogP contribution is 2.31. The molecule has 1 fully saturated rings. The van der Waals surface area contributed by atoms with Crippen molar-refractivity contribution in [3.63, 3.8) is 0 Å². The Labute approximate surface area is 136 Å². The van der Waals surface area contributed by atoms with E-state index in [1.807, 2.05) is 6.07 Å². The van der Waals surface area contributed by atoms with Crippen LogP contribution in [-0.2, 0) is 0 Å². The van der Waals surface area contributed by atoms with Gasteiger partial charge in [-0.25, -0.2) is 4.98 Å². The zero-order valence-corrected chi connectivity index (χ0v) is 13.5. The second-order valence-electron chi connectivity index (χ2n) is 5.64. The van der Waals surface area contributed by atoms with Gasteiger partial charge in [0.1, 0.15) is 17.3 Å². The lowest BCUT2D eigenvalue weighted by molar-refractivity contribution is 0.394. The molecule has 2 aromatic rings. The molecule has 6 nitrogen and oxygen atoms in total. The molecular formula is C17H22N4O2. The fourth-order valence-electron chi connectivity index (χ4n) is 2.85. The predicted molar refractivity (Wildman–Crippen MR) is 90.4 cm³/mol. The first-order valence-corrected chi connectivity index (χ1v) is 7.76. The molecule has 23 heavy (non-hydrogen) atoms. The normalized spacial score (nSPS) is 17.1. The maximum absolute atomic E-state index is 5.35. The number of hydrogen-bond acceptors (Lipinski definition) is 6. The van der Waals surface area contributed by atoms with E-state index in [0.717, 1.165) is 49.1 Å². The number of hydrogen-bond donors (Lipinski definition) is 1. The lowest BCUT2D eigenvalue weighted by Gasteiger charge is -2.20. The van der Waals surface area contributed by atoms with Crippen LogP contribution in [0.4, 0.5) is 11.5 Å². The lowest BCUT2D eigenvalue weighted by atomic mass is 10.1. The Bertz CT molecular complexity index is 613. The average Bonchev–Trinajstić information content (AvgIpc) is 3.09. The molecule has 1 aliphatic rings. The topological polar surface area (TPSA) is 59.5 Å². The largest absolute Gasteiger partial charge is 0.497 e. The van der Waals surface area contributed by atoms with Gasteiger partial charge in [-0.3, -0.25) is 4.98 Å². The Morgan fingerprint density at radius 2 is 1.96 bits per heavy atom. The van der Waals surface area contributed by atoms with Gasteiger partial charge in [0.25, 0.3) is 0 Å². The first-order chi connectivity index (χ1) is 11.3. The second-order valence-corrected chi connectivity index (χ2v) is 5.64. The van der Waals surface area contributed by atoms with Crippen molar-refractivity contribution in [2.24, 2.45) is 5.92 Å². The second kappa shape index (κ2) is 7.17. The SMILES string of the molecule is COc1cc(OC)cc(N2CC[C@H](CNc3cnccn3)C2)c1. The van der Waals surface area contributed by atoms with Crippen molar-refractivity contribution in [2.75, 3.05) is 44.1 Å². The minimum atomic E-state index is 0.578. The van der Waals surface area contributed by atoms with E-state index >= 15 is 0 Å². The van der Waals surface area contributed by atoms with Crippen molar-refractivity contribution >= 4 is 11.5 Å². The van der Waals surface area contributed by atoms with Gasteiger partial charge in [-0.2, -0.15) is 0 Å². The van der Waals surface area contributed by atoms with Crippen LogP contribution in [0, 0.1) is 5.92 Å². The van der Waals surface area contributed by atoms with E-state index in [1.165, 1.54) is 0 Å². The maximum atomic E-state index is 5.35. The molecule has 1 atom stereocenters. The zero-order valence-electron chi connectivity index (χ0n) is 13.5. The first-order valence-electron chi connectivity index (χ1n) is 7.76. The Balaban J connectivity index is 1.61. The third-order valence-electron chi connectivity index (χ3n) is 4.12. The summed E-state index contributed by atoms with van der Waals surface area (Å²) in [6.07, 6.45) is 6.27. The van der Waals surface area contributed by atoms with Crippen LogP contribution in [0.5, 0.6) is 11.5 Å². The van der Waals surface area contributed by atoms with Crippen LogP contribution < -0.4 is 19.7 Å². The van der Waals surface area contributed by atoms with Gasteiger partial charge in [-0.1, -0.05) is 0 Å². The minimum absolute atomic E-state index is 0.578. The molecule has 122 valence electrons. The van der Waals surface area contributed by atoms with Crippen LogP contribution in [-0.4, -0.2) is 43.8 Å². The number of anilines is 2. The van der Waals surface area contributed by atoms with Crippen molar-refractivity contribution in [3.8, 4) is 11.5 Å². The summed E-state index contributed by atoms with van der Waals surface area (Å²) in [6, 6.07) is 6.01. The molecule has 6 heteroatoms. The van der Waals surface area contributed by atoms with Gasteiger partial charge in [0.05, 0.1) is 20.4 Å². The molecule has 1 aromatic carbocycles. The van der Waals surface area contributed by atoms with Gasteiger partial charge < -0.3 is 19.7 Å². The summed E-state index contributed by atoms with van der Waals surface area (Å²) in [5, 5.41) is 3.35. The standard InChI is InChI=1S/C17H22N4O2/c1-22-15-7-14(8-16(9-15)23-2)21-6-3-13(12-21)10-20-17-11-18-4-5-19-17/h4-5,7-9,11,13H,3,6,10,12H2,1-2H3,(H,19,20)/t13-/m1/s1. The molecule has 3 rings (SSSR count). The van der Waals surface area contributed by atoms with E-state index in [9.17, 15) is 0 Å². The fraction of sp³-hybridized carbons (Fsp3) is 0.412. The highest BCUT2D eigenvalue weighted by Gasteiger charge is 2.23. The van der Waals surface area contributed by atoms with Gasteiger partial charge in [0, 0.05) is 55.9 Å². The molecule has 1 aliphatic heterocycles. The van der Waals surface area contributed by atoms with E-state index in [0.29, 0.717) is 5.92 Å². The van der Waals surface area contributed by atoms with Crippen molar-refractivity contribution in [1.82, 2.24) is 9.97 Å². The van der Waals surface area contributed by atoms with Crippen molar-refractivity contribution in [2.45, 2.75) is 6.42 Å². The Morgan fingerprint density at radius 3 is 2.61 bits per heavy atom. The van der Waals surface area contributed by atoms with Gasteiger partial charge >= 0.3 is 0 Å². The van der Waals surface area contributed by atoms with Gasteiger partial charge in [0.15, 0.2) is 0 Å². The van der Waals surface area contributed by atoms with Crippen molar-refractivity contribution in [3.05, 3.63) is 36.8 Å². The molecule has 0 radical (unpaired) electrons. The van der Waals surface area contributed by atoms with Gasteiger partial charge in [0.2, 0.25) is 0 Å². The number of nitrogens with one attached hydrogen (secondary N) is 1. The maximum Gasteiger partial charge on any atom is 0.144 e. The molecule has 0 unspecified atom stereocenters. The first kappa shape index (κ1) is 15.4. The van der Waals surface area contributed by atoms with Crippen LogP contribution in [0.3, 0.4) is 0 Å². The number of rotatable bonds is 6. The number of aromatic nitrogens is 2. The predicted octanol–water partition coefficient (Wildman–Crippen LogP) is 2.43. The van der Waals surface area contributed by atoms with E-state index < -0.39 is 0 Å². The third kappa shape index (κ3) is 3.83. The monoisotopic (exact) mass is 314 g/mol. The fourth-order valence-corrected chi connectivity index (χ4v) is 2.85. The third-order valence-corrected chi connectivity index (χ3v) is 4.12. The van der Waals surface area contributed by atoms with Gasteiger partial charge in [-0.15, -0.1) is 0 Å². The molecule has 1 aromatic heterocycles. The summed E-state index contributed by atoms with van der Waals surface area (Å²) in [5.74, 6) is 3.05. The summed E-state index contributed by atoms with van der Waals surface area (Å²) < 4.78 is 10.7. The van der Waals surface area contributed by atoms with E-state index in [2.05, 4.69) is 32.3 Å². The quantitative estimate of drug-likeness (QED) is 0.884.